The van der Waals surface area contributed by atoms with Crippen molar-refractivity contribution >= 4 is 11.9 Å². The number of nitrogens with one attached hydrogen (secondary N) is 1. The van der Waals surface area contributed by atoms with E-state index in [0.29, 0.717) is 18.6 Å². The van der Waals surface area contributed by atoms with Crippen LogP contribution in [0.15, 0.2) is 48.5 Å². The van der Waals surface area contributed by atoms with Crippen LogP contribution in [-0.2, 0) is 25.5 Å². The molecular formula is C23H27NO5. The van der Waals surface area contributed by atoms with Crippen LogP contribution in [0, 0.1) is 0 Å². The molecule has 1 aliphatic carbocycles. The predicted octanol–water partition coefficient (Wildman–Crippen LogP) is 3.51. The Balaban J connectivity index is 1.91. The normalized spacial score (nSPS) is 19.0. The summed E-state index contributed by atoms with van der Waals surface area (Å²) in [6, 6.07) is 14.7. The molecule has 1 aliphatic rings. The lowest BCUT2D eigenvalue weighted by Crippen LogP contribution is -2.43. The number of rotatable bonds is 7. The van der Waals surface area contributed by atoms with Crippen LogP contribution in [0.3, 0.4) is 0 Å². The molecule has 29 heavy (non-hydrogen) atoms. The summed E-state index contributed by atoms with van der Waals surface area (Å²) < 4.78 is 16.7. The van der Waals surface area contributed by atoms with Crippen molar-refractivity contribution in [3.05, 3.63) is 65.2 Å². The van der Waals surface area contributed by atoms with E-state index in [-0.39, 0.29) is 11.9 Å². The number of aryl methyl sites for hydroxylation is 1. The zero-order chi connectivity index (χ0) is 20.8. The summed E-state index contributed by atoms with van der Waals surface area (Å²) >= 11 is 0. The number of esters is 1. The van der Waals surface area contributed by atoms with E-state index in [9.17, 15) is 9.59 Å². The second-order valence-corrected chi connectivity index (χ2v) is 7.01. The molecule has 0 radical (unpaired) electrons. The zero-order valence-electron chi connectivity index (χ0n) is 17.0. The number of carbonyl (C=O) groups is 2. The minimum atomic E-state index is -0.838. The van der Waals surface area contributed by atoms with Gasteiger partial charge in [0.2, 0.25) is 5.91 Å². The van der Waals surface area contributed by atoms with Gasteiger partial charge in [-0.1, -0.05) is 43.3 Å². The number of methoxy groups -OCH3 is 2. The molecular weight excluding hydrogens is 370 g/mol. The summed E-state index contributed by atoms with van der Waals surface area (Å²) in [6.45, 7) is 1.80. The van der Waals surface area contributed by atoms with Gasteiger partial charge < -0.3 is 19.5 Å². The van der Waals surface area contributed by atoms with Crippen molar-refractivity contribution in [1.29, 1.82) is 0 Å². The van der Waals surface area contributed by atoms with Gasteiger partial charge in [-0.3, -0.25) is 4.79 Å². The molecule has 0 saturated heterocycles. The molecule has 1 amide bonds. The molecule has 2 aromatic carbocycles. The first-order valence-corrected chi connectivity index (χ1v) is 9.81. The van der Waals surface area contributed by atoms with Crippen molar-refractivity contribution in [1.82, 2.24) is 5.32 Å². The molecule has 2 aromatic rings. The van der Waals surface area contributed by atoms with Crippen molar-refractivity contribution in [3.8, 4) is 5.75 Å². The summed E-state index contributed by atoms with van der Waals surface area (Å²) in [4.78, 5) is 25.1. The Labute approximate surface area is 171 Å². The van der Waals surface area contributed by atoms with Crippen LogP contribution in [0.1, 0.15) is 48.7 Å². The molecule has 3 unspecified atom stereocenters. The Bertz CT molecular complexity index is 852. The third-order valence-electron chi connectivity index (χ3n) is 5.21. The smallest absolute Gasteiger partial charge is 0.340 e. The molecule has 0 aliphatic heterocycles. The SMILES string of the molecule is CCC(=O)NC1CCc2ccc(OC)cc2C1OC(=O)C(OC)c1ccccc1. The highest BCUT2D eigenvalue weighted by atomic mass is 16.6. The first-order chi connectivity index (χ1) is 14.1. The number of hydrogen-bond acceptors (Lipinski definition) is 5. The van der Waals surface area contributed by atoms with Crippen LogP contribution in [0.4, 0.5) is 0 Å². The Morgan fingerprint density at radius 1 is 1.14 bits per heavy atom. The summed E-state index contributed by atoms with van der Waals surface area (Å²) in [5.41, 5.74) is 2.66. The quantitative estimate of drug-likeness (QED) is 0.724. The number of hydrogen-bond donors (Lipinski definition) is 1. The van der Waals surface area contributed by atoms with E-state index in [0.717, 1.165) is 23.1 Å². The number of fused-ring (bicyclic) bond motifs is 1. The molecule has 0 heterocycles. The Morgan fingerprint density at radius 2 is 1.90 bits per heavy atom. The lowest BCUT2D eigenvalue weighted by atomic mass is 9.85. The second-order valence-electron chi connectivity index (χ2n) is 7.01. The van der Waals surface area contributed by atoms with Crippen molar-refractivity contribution in [2.24, 2.45) is 0 Å². The number of benzene rings is 2. The number of ether oxygens (including phenoxy) is 3. The van der Waals surface area contributed by atoms with Gasteiger partial charge in [0, 0.05) is 19.1 Å². The lowest BCUT2D eigenvalue weighted by molar-refractivity contribution is -0.164. The van der Waals surface area contributed by atoms with E-state index in [4.69, 9.17) is 14.2 Å². The summed E-state index contributed by atoms with van der Waals surface area (Å²) in [7, 11) is 3.07. The first-order valence-electron chi connectivity index (χ1n) is 9.81. The summed E-state index contributed by atoms with van der Waals surface area (Å²) in [5.74, 6) is 0.113. The molecule has 0 aromatic heterocycles. The maximum atomic E-state index is 13.0. The van der Waals surface area contributed by atoms with Crippen molar-refractivity contribution < 1.29 is 23.8 Å². The molecule has 154 valence electrons. The largest absolute Gasteiger partial charge is 0.497 e. The Kier molecular flexibility index (Phi) is 6.88. The number of carbonyl (C=O) groups excluding carboxylic acids is 2. The number of amides is 1. The third-order valence-corrected chi connectivity index (χ3v) is 5.21. The zero-order valence-corrected chi connectivity index (χ0v) is 17.0. The Hall–Kier alpha value is -2.86. The van der Waals surface area contributed by atoms with E-state index in [1.807, 2.05) is 48.5 Å². The molecule has 3 rings (SSSR count). The summed E-state index contributed by atoms with van der Waals surface area (Å²) in [6.07, 6.45) is 0.390. The maximum Gasteiger partial charge on any atom is 0.340 e. The average Bonchev–Trinajstić information content (AvgIpc) is 2.76. The highest BCUT2D eigenvalue weighted by Gasteiger charge is 2.36. The standard InChI is InChI=1S/C23H27NO5/c1-4-20(25)24-19-13-11-15-10-12-17(27-2)14-18(15)22(19)29-23(26)21(28-3)16-8-6-5-7-9-16/h5-10,12,14,19,21-22H,4,11,13H2,1-3H3,(H,24,25). The van der Waals surface area contributed by atoms with Crippen molar-refractivity contribution in [3.63, 3.8) is 0 Å². The van der Waals surface area contributed by atoms with Gasteiger partial charge in [0.15, 0.2) is 6.10 Å². The van der Waals surface area contributed by atoms with Crippen LogP contribution in [0.25, 0.3) is 0 Å². The van der Waals surface area contributed by atoms with Crippen LogP contribution < -0.4 is 10.1 Å². The fourth-order valence-electron chi connectivity index (χ4n) is 3.66. The van der Waals surface area contributed by atoms with Crippen LogP contribution in [0.2, 0.25) is 0 Å². The molecule has 6 nitrogen and oxygen atoms in total. The molecule has 0 fully saturated rings. The van der Waals surface area contributed by atoms with Gasteiger partial charge in [-0.2, -0.15) is 0 Å². The molecule has 3 atom stereocenters. The van der Waals surface area contributed by atoms with Crippen molar-refractivity contribution in [2.75, 3.05) is 14.2 Å². The monoisotopic (exact) mass is 397 g/mol. The molecule has 0 saturated carbocycles. The first kappa shape index (κ1) is 20.9. The fourth-order valence-corrected chi connectivity index (χ4v) is 3.66. The average molecular weight is 397 g/mol. The minimum Gasteiger partial charge on any atom is -0.497 e. The topological polar surface area (TPSA) is 73.9 Å². The third kappa shape index (κ3) is 4.77. The van der Waals surface area contributed by atoms with Gasteiger partial charge in [0.05, 0.1) is 13.2 Å². The van der Waals surface area contributed by atoms with Crippen LogP contribution in [0.5, 0.6) is 5.75 Å². The van der Waals surface area contributed by atoms with Crippen molar-refractivity contribution in [2.45, 2.75) is 44.4 Å². The second kappa shape index (κ2) is 9.56. The summed E-state index contributed by atoms with van der Waals surface area (Å²) in [5, 5.41) is 3.00. The molecule has 1 N–H and O–H groups in total. The highest BCUT2D eigenvalue weighted by molar-refractivity contribution is 5.78. The van der Waals surface area contributed by atoms with E-state index in [2.05, 4.69) is 5.32 Å². The molecule has 0 bridgehead atoms. The van der Waals surface area contributed by atoms with Gasteiger partial charge in [0.25, 0.3) is 0 Å². The van der Waals surface area contributed by atoms with E-state index < -0.39 is 18.2 Å². The molecule has 0 spiro atoms. The van der Waals surface area contributed by atoms with Gasteiger partial charge in [-0.15, -0.1) is 0 Å². The lowest BCUT2D eigenvalue weighted by Gasteiger charge is -2.34. The van der Waals surface area contributed by atoms with E-state index in [1.54, 1.807) is 14.0 Å². The van der Waals surface area contributed by atoms with Gasteiger partial charge in [0.1, 0.15) is 11.9 Å². The van der Waals surface area contributed by atoms with Gasteiger partial charge in [-0.25, -0.2) is 4.79 Å². The fraction of sp³-hybridized carbons (Fsp3) is 0.391. The molecule has 6 heteroatoms. The highest BCUT2D eigenvalue weighted by Crippen LogP contribution is 2.36. The minimum absolute atomic E-state index is 0.0752. The maximum absolute atomic E-state index is 13.0. The van der Waals surface area contributed by atoms with E-state index >= 15 is 0 Å². The van der Waals surface area contributed by atoms with Crippen LogP contribution in [-0.4, -0.2) is 32.1 Å². The van der Waals surface area contributed by atoms with E-state index in [1.165, 1.54) is 7.11 Å². The predicted molar refractivity (Wildman–Crippen MR) is 109 cm³/mol. The Morgan fingerprint density at radius 3 is 2.55 bits per heavy atom. The van der Waals surface area contributed by atoms with Gasteiger partial charge in [-0.05, 0) is 36.1 Å². The van der Waals surface area contributed by atoms with Crippen LogP contribution >= 0.6 is 0 Å². The van der Waals surface area contributed by atoms with Gasteiger partial charge >= 0.3 is 5.97 Å².